The number of morpholine rings is 1. The zero-order chi connectivity index (χ0) is 18.6. The fraction of sp³-hybridized carbons (Fsp3) is 0.368. The molecule has 0 spiro atoms. The highest BCUT2D eigenvalue weighted by Gasteiger charge is 2.15. The summed E-state index contributed by atoms with van der Waals surface area (Å²) in [5.74, 6) is 1.52. The van der Waals surface area contributed by atoms with Crippen molar-refractivity contribution in [2.45, 2.75) is 13.3 Å². The third-order valence-corrected chi connectivity index (χ3v) is 4.56. The number of carbonyl (C=O) groups is 1. The van der Waals surface area contributed by atoms with Gasteiger partial charge in [-0.25, -0.2) is 0 Å². The van der Waals surface area contributed by atoms with E-state index in [1.165, 1.54) is 0 Å². The van der Waals surface area contributed by atoms with Gasteiger partial charge in [0.25, 0.3) is 5.91 Å². The lowest BCUT2D eigenvalue weighted by Gasteiger charge is -2.27. The normalized spacial score (nSPS) is 14.5. The van der Waals surface area contributed by atoms with E-state index in [4.69, 9.17) is 4.74 Å². The van der Waals surface area contributed by atoms with Crippen LogP contribution in [-0.2, 0) is 11.2 Å². The molecule has 4 rings (SSSR count). The third kappa shape index (κ3) is 3.90. The molecule has 140 valence electrons. The van der Waals surface area contributed by atoms with Gasteiger partial charge in [-0.15, -0.1) is 15.3 Å². The fourth-order valence-electron chi connectivity index (χ4n) is 3.12. The smallest absolute Gasteiger partial charge is 0.251 e. The molecule has 0 aliphatic carbocycles. The van der Waals surface area contributed by atoms with E-state index < -0.39 is 0 Å². The van der Waals surface area contributed by atoms with Gasteiger partial charge in [0, 0.05) is 31.6 Å². The molecule has 1 aliphatic heterocycles. The minimum atomic E-state index is -0.0884. The average molecular weight is 366 g/mol. The van der Waals surface area contributed by atoms with E-state index in [1.807, 2.05) is 43.3 Å². The molecule has 3 aromatic rings. The molecule has 0 unspecified atom stereocenters. The van der Waals surface area contributed by atoms with Gasteiger partial charge in [0.05, 0.1) is 13.2 Å². The summed E-state index contributed by atoms with van der Waals surface area (Å²) >= 11 is 0. The number of aromatic nitrogens is 4. The van der Waals surface area contributed by atoms with Gasteiger partial charge in [-0.1, -0.05) is 17.7 Å². The van der Waals surface area contributed by atoms with Crippen LogP contribution in [0.1, 0.15) is 21.7 Å². The van der Waals surface area contributed by atoms with Crippen molar-refractivity contribution >= 4 is 17.4 Å². The molecule has 2 aromatic heterocycles. The number of hydrogen-bond acceptors (Lipinski definition) is 6. The molecule has 8 heteroatoms. The van der Waals surface area contributed by atoms with Gasteiger partial charge in [-0.05, 0) is 31.2 Å². The maximum Gasteiger partial charge on any atom is 0.251 e. The fourth-order valence-corrected chi connectivity index (χ4v) is 3.12. The molecule has 0 atom stereocenters. The van der Waals surface area contributed by atoms with E-state index in [0.717, 1.165) is 30.3 Å². The van der Waals surface area contributed by atoms with Gasteiger partial charge in [0.2, 0.25) is 0 Å². The Hall–Kier alpha value is -3.00. The van der Waals surface area contributed by atoms with Crippen LogP contribution < -0.4 is 10.2 Å². The molecule has 1 saturated heterocycles. The summed E-state index contributed by atoms with van der Waals surface area (Å²) in [7, 11) is 0. The van der Waals surface area contributed by atoms with Gasteiger partial charge in [-0.2, -0.15) is 4.52 Å². The van der Waals surface area contributed by atoms with Crippen LogP contribution in [0.25, 0.3) is 5.65 Å². The number of hydrogen-bond donors (Lipinski definition) is 1. The predicted molar refractivity (Wildman–Crippen MR) is 101 cm³/mol. The van der Waals surface area contributed by atoms with E-state index in [9.17, 15) is 4.79 Å². The van der Waals surface area contributed by atoms with Crippen LogP contribution in [0.5, 0.6) is 0 Å². The number of amides is 1. The lowest BCUT2D eigenvalue weighted by atomic mass is 10.1. The zero-order valence-corrected chi connectivity index (χ0v) is 15.3. The molecule has 27 heavy (non-hydrogen) atoms. The quantitative estimate of drug-likeness (QED) is 0.731. The van der Waals surface area contributed by atoms with Crippen molar-refractivity contribution in [3.8, 4) is 0 Å². The molecule has 1 aliphatic rings. The molecular weight excluding hydrogens is 344 g/mol. The molecule has 3 heterocycles. The number of ether oxygens (including phenoxy) is 1. The number of aryl methyl sites for hydroxylation is 1. The third-order valence-electron chi connectivity index (χ3n) is 4.56. The molecule has 0 saturated carbocycles. The Balaban J connectivity index is 1.43. The van der Waals surface area contributed by atoms with Gasteiger partial charge in [-0.3, -0.25) is 4.79 Å². The topological polar surface area (TPSA) is 84.7 Å². The monoisotopic (exact) mass is 366 g/mol. The highest BCUT2D eigenvalue weighted by Crippen LogP contribution is 2.14. The SMILES string of the molecule is Cc1cccc(C(=O)NCCc2nnc3ccc(N4CCOCC4)nn23)c1. The molecular formula is C19H22N6O2. The van der Waals surface area contributed by atoms with Crippen molar-refractivity contribution in [3.05, 3.63) is 53.3 Å². The van der Waals surface area contributed by atoms with Crippen LogP contribution >= 0.6 is 0 Å². The number of fused-ring (bicyclic) bond motifs is 1. The number of anilines is 1. The lowest BCUT2D eigenvalue weighted by Crippen LogP contribution is -2.37. The van der Waals surface area contributed by atoms with Crippen LogP contribution in [0.2, 0.25) is 0 Å². The maximum atomic E-state index is 12.3. The first-order valence-corrected chi connectivity index (χ1v) is 9.09. The Bertz CT molecular complexity index is 948. The van der Waals surface area contributed by atoms with Crippen molar-refractivity contribution in [2.75, 3.05) is 37.7 Å². The number of rotatable bonds is 5. The molecule has 8 nitrogen and oxygen atoms in total. The van der Waals surface area contributed by atoms with E-state index in [-0.39, 0.29) is 5.91 Å². The average Bonchev–Trinajstić information content (AvgIpc) is 3.11. The highest BCUT2D eigenvalue weighted by molar-refractivity contribution is 5.94. The second-order valence-corrected chi connectivity index (χ2v) is 6.55. The minimum Gasteiger partial charge on any atom is -0.378 e. The molecule has 1 fully saturated rings. The molecule has 1 aromatic carbocycles. The Labute approximate surface area is 157 Å². The van der Waals surface area contributed by atoms with Crippen LogP contribution in [0.3, 0.4) is 0 Å². The largest absolute Gasteiger partial charge is 0.378 e. The summed E-state index contributed by atoms with van der Waals surface area (Å²) < 4.78 is 7.15. The van der Waals surface area contributed by atoms with E-state index in [0.29, 0.717) is 37.4 Å². The Morgan fingerprint density at radius 1 is 1.19 bits per heavy atom. The van der Waals surface area contributed by atoms with Gasteiger partial charge in [0.15, 0.2) is 11.5 Å². The Kier molecular flexibility index (Phi) is 4.97. The first kappa shape index (κ1) is 17.4. The number of benzene rings is 1. The van der Waals surface area contributed by atoms with Crippen molar-refractivity contribution in [2.24, 2.45) is 0 Å². The first-order valence-electron chi connectivity index (χ1n) is 9.09. The zero-order valence-electron chi connectivity index (χ0n) is 15.3. The Morgan fingerprint density at radius 3 is 2.85 bits per heavy atom. The Morgan fingerprint density at radius 2 is 2.04 bits per heavy atom. The summed E-state index contributed by atoms with van der Waals surface area (Å²) in [5, 5.41) is 16.0. The molecule has 0 bridgehead atoms. The minimum absolute atomic E-state index is 0.0884. The number of nitrogens with one attached hydrogen (secondary N) is 1. The standard InChI is InChI=1S/C19H22N6O2/c1-14-3-2-4-15(13-14)19(26)20-8-7-17-22-21-16-5-6-18(23-25(16)17)24-9-11-27-12-10-24/h2-6,13H,7-12H2,1H3,(H,20,26). The summed E-state index contributed by atoms with van der Waals surface area (Å²) in [6, 6.07) is 11.4. The molecule has 1 N–H and O–H groups in total. The van der Waals surface area contributed by atoms with Gasteiger partial charge >= 0.3 is 0 Å². The second kappa shape index (κ2) is 7.71. The summed E-state index contributed by atoms with van der Waals surface area (Å²) in [6.45, 7) is 5.50. The maximum absolute atomic E-state index is 12.3. The van der Waals surface area contributed by atoms with Crippen molar-refractivity contribution < 1.29 is 9.53 Å². The van der Waals surface area contributed by atoms with E-state index >= 15 is 0 Å². The van der Waals surface area contributed by atoms with Gasteiger partial charge in [0.1, 0.15) is 5.82 Å². The van der Waals surface area contributed by atoms with Crippen LogP contribution in [-0.4, -0.2) is 58.6 Å². The van der Waals surface area contributed by atoms with Crippen molar-refractivity contribution in [1.82, 2.24) is 25.1 Å². The molecule has 1 amide bonds. The van der Waals surface area contributed by atoms with Crippen LogP contribution in [0.15, 0.2) is 36.4 Å². The van der Waals surface area contributed by atoms with Crippen LogP contribution in [0.4, 0.5) is 5.82 Å². The first-order chi connectivity index (χ1) is 13.2. The van der Waals surface area contributed by atoms with E-state index in [1.54, 1.807) is 4.52 Å². The van der Waals surface area contributed by atoms with Crippen LogP contribution in [0, 0.1) is 6.92 Å². The summed E-state index contributed by atoms with van der Waals surface area (Å²) in [4.78, 5) is 14.4. The van der Waals surface area contributed by atoms with Crippen molar-refractivity contribution in [1.29, 1.82) is 0 Å². The van der Waals surface area contributed by atoms with Gasteiger partial charge < -0.3 is 15.0 Å². The van der Waals surface area contributed by atoms with Crippen molar-refractivity contribution in [3.63, 3.8) is 0 Å². The summed E-state index contributed by atoms with van der Waals surface area (Å²) in [6.07, 6.45) is 0.554. The van der Waals surface area contributed by atoms with E-state index in [2.05, 4.69) is 25.5 Å². The number of carbonyl (C=O) groups excluding carboxylic acids is 1. The lowest BCUT2D eigenvalue weighted by molar-refractivity contribution is 0.0954. The highest BCUT2D eigenvalue weighted by atomic mass is 16.5. The molecule has 0 radical (unpaired) electrons. The number of nitrogens with zero attached hydrogens (tertiary/aromatic N) is 5. The summed E-state index contributed by atoms with van der Waals surface area (Å²) in [5.41, 5.74) is 2.42. The second-order valence-electron chi connectivity index (χ2n) is 6.55. The predicted octanol–water partition coefficient (Wildman–Crippen LogP) is 1.24.